The maximum Gasteiger partial charge on any atom is 0.324 e. The summed E-state index contributed by atoms with van der Waals surface area (Å²) in [5, 5.41) is 6.03. The van der Waals surface area contributed by atoms with Crippen molar-refractivity contribution in [2.45, 2.75) is 104 Å². The van der Waals surface area contributed by atoms with Gasteiger partial charge in [-0.2, -0.15) is 4.37 Å². The van der Waals surface area contributed by atoms with Crippen LogP contribution in [0.5, 0.6) is 0 Å². The number of pyridine rings is 1. The first-order chi connectivity index (χ1) is 30.5. The predicted molar refractivity (Wildman–Crippen MR) is 243 cm³/mol. The maximum absolute atomic E-state index is 14.6. The Morgan fingerprint density at radius 2 is 1.94 bits per heavy atom. The zero-order chi connectivity index (χ0) is 46.0. The molecule has 4 aromatic rings. The van der Waals surface area contributed by atoms with Gasteiger partial charge in [-0.1, -0.05) is 34.3 Å². The first-order valence-corrected chi connectivity index (χ1v) is 23.0. The Morgan fingerprint density at radius 1 is 1.16 bits per heavy atom. The van der Waals surface area contributed by atoms with Gasteiger partial charge in [-0.15, -0.1) is 0 Å². The molecule has 6 bridgehead atoms. The van der Waals surface area contributed by atoms with Crippen LogP contribution in [0.15, 0.2) is 49.2 Å². The third-order valence-corrected chi connectivity index (χ3v) is 13.5. The van der Waals surface area contributed by atoms with E-state index in [-0.39, 0.29) is 43.4 Å². The van der Waals surface area contributed by atoms with Gasteiger partial charge in [0.1, 0.15) is 29.0 Å². The second kappa shape index (κ2) is 19.3. The first-order valence-electron chi connectivity index (χ1n) is 22.2. The second-order valence-corrected chi connectivity index (χ2v) is 19.0. The number of likely N-dealkylation sites (tertiary alicyclic amines) is 1. The van der Waals surface area contributed by atoms with Crippen LogP contribution in [-0.4, -0.2) is 122 Å². The number of carbonyl (C=O) groups excluding carboxylic acids is 5. The van der Waals surface area contributed by atoms with Crippen LogP contribution in [0.25, 0.3) is 32.7 Å². The van der Waals surface area contributed by atoms with Crippen LogP contribution in [0.4, 0.5) is 0 Å². The SMILES string of the molecule is C=CC(=O)N1CC[C@H](C(=O)N(C)[C@H](C(=O)N[C@H]2Cc3nsc(n3)-c3ccc4c(c3)c(c(-c3cccnc3[C@H](C)OC)n4CC)CC(C)(C)COC(=O)[C@@H]3CCCN(N3)C2=O)C(C)C)C1. The number of cyclic esters (lactones) is 1. The topological polar surface area (TPSA) is 181 Å². The fraction of sp³-hybridized carbons (Fsp3) is 0.532. The Balaban J connectivity index is 1.27. The average molecular weight is 896 g/mol. The van der Waals surface area contributed by atoms with Crippen molar-refractivity contribution < 1.29 is 33.4 Å². The Labute approximate surface area is 378 Å². The molecule has 64 heavy (non-hydrogen) atoms. The van der Waals surface area contributed by atoms with Crippen molar-refractivity contribution in [2.75, 3.05) is 40.4 Å². The fourth-order valence-electron chi connectivity index (χ4n) is 9.36. The van der Waals surface area contributed by atoms with Crippen LogP contribution in [-0.2, 0) is 52.8 Å². The Kier molecular flexibility index (Phi) is 14.0. The van der Waals surface area contributed by atoms with Gasteiger partial charge >= 0.3 is 5.97 Å². The van der Waals surface area contributed by atoms with Gasteiger partial charge in [0.25, 0.3) is 5.91 Å². The molecular formula is C47H61N9O7S. The van der Waals surface area contributed by atoms with Crippen molar-refractivity contribution in [2.24, 2.45) is 17.3 Å². The molecule has 17 heteroatoms. The smallest absolute Gasteiger partial charge is 0.324 e. The van der Waals surface area contributed by atoms with Crippen molar-refractivity contribution >= 4 is 52.0 Å². The molecule has 2 fully saturated rings. The average Bonchev–Trinajstić information content (AvgIpc) is 4.05. The number of hydrogen-bond acceptors (Lipinski definition) is 12. The van der Waals surface area contributed by atoms with Crippen molar-refractivity contribution in [3.63, 3.8) is 0 Å². The summed E-state index contributed by atoms with van der Waals surface area (Å²) in [4.78, 5) is 81.7. The number of likely N-dealkylation sites (N-methyl/N-ethyl adjacent to an activating group) is 1. The number of ether oxygens (including phenoxy) is 2. The number of rotatable bonds is 10. The summed E-state index contributed by atoms with van der Waals surface area (Å²) in [5.74, 6) is -2.40. The number of carbonyl (C=O) groups is 5. The minimum absolute atomic E-state index is 0.0440. The van der Waals surface area contributed by atoms with Gasteiger partial charge in [-0.05, 0) is 99.0 Å². The molecule has 342 valence electrons. The highest BCUT2D eigenvalue weighted by Crippen LogP contribution is 2.42. The van der Waals surface area contributed by atoms with Gasteiger partial charge in [-0.25, -0.2) is 10.4 Å². The largest absolute Gasteiger partial charge is 0.464 e. The highest BCUT2D eigenvalue weighted by molar-refractivity contribution is 7.09. The van der Waals surface area contributed by atoms with Gasteiger partial charge < -0.3 is 29.2 Å². The summed E-state index contributed by atoms with van der Waals surface area (Å²) in [6.07, 6.45) is 4.71. The lowest BCUT2D eigenvalue weighted by molar-refractivity contribution is -0.155. The standard InChI is InChI=1S/C47H61N9O7S/c1-10-38(57)54-21-18-30(25-54)44(59)53(8)40(27(3)4)42(58)49-35-23-37-50-43(64-52-37)29-16-17-36-32(22-29)33(41(55(36)11-2)31-14-12-19-48-39(31)28(5)62-9)24-47(6,7)26-63-46(61)34-15-13-20-56(51-34)45(35)60/h10,12,14,16-17,19,22,27-28,30,34-35,40,51H,1,11,13,15,18,20-21,23-26H2,2-9H3,(H,49,58)/t28-,30-,34-,35-,40-/m0/s1. The number of aromatic nitrogens is 4. The number of nitrogens with one attached hydrogen (secondary N) is 2. The van der Waals surface area contributed by atoms with Crippen molar-refractivity contribution in [1.29, 1.82) is 0 Å². The number of methoxy groups -OCH3 is 1. The van der Waals surface area contributed by atoms with E-state index in [2.05, 4.69) is 60.9 Å². The molecule has 0 unspecified atom stereocenters. The van der Waals surface area contributed by atoms with Gasteiger partial charge in [0, 0.05) is 80.4 Å². The van der Waals surface area contributed by atoms with Gasteiger partial charge in [0.2, 0.25) is 17.7 Å². The van der Waals surface area contributed by atoms with E-state index in [0.717, 1.165) is 39.0 Å². The van der Waals surface area contributed by atoms with E-state index in [4.69, 9.17) is 23.8 Å². The summed E-state index contributed by atoms with van der Waals surface area (Å²) in [5.41, 5.74) is 8.35. The molecule has 0 radical (unpaired) electrons. The highest BCUT2D eigenvalue weighted by atomic mass is 32.1. The van der Waals surface area contributed by atoms with Crippen molar-refractivity contribution in [3.05, 3.63) is 66.3 Å². The zero-order valence-corrected chi connectivity index (χ0v) is 39.0. The van der Waals surface area contributed by atoms with E-state index in [1.807, 2.05) is 32.9 Å². The summed E-state index contributed by atoms with van der Waals surface area (Å²) < 4.78 is 18.9. The number of amides is 4. The number of benzene rings is 1. The molecule has 0 saturated carbocycles. The third kappa shape index (κ3) is 9.47. The van der Waals surface area contributed by atoms with E-state index >= 15 is 0 Å². The zero-order valence-electron chi connectivity index (χ0n) is 38.2. The number of hydrazine groups is 1. The summed E-state index contributed by atoms with van der Waals surface area (Å²) in [6, 6.07) is 7.40. The van der Waals surface area contributed by atoms with Gasteiger partial charge in [-0.3, -0.25) is 34.0 Å². The lowest BCUT2D eigenvalue weighted by atomic mass is 9.84. The molecule has 6 heterocycles. The fourth-order valence-corrected chi connectivity index (χ4v) is 10.0. The molecule has 16 nitrogen and oxygen atoms in total. The molecule has 4 amide bonds. The van der Waals surface area contributed by atoms with E-state index in [9.17, 15) is 24.0 Å². The number of hydrogen-bond donors (Lipinski definition) is 2. The molecule has 3 aliphatic heterocycles. The molecular weight excluding hydrogens is 835 g/mol. The van der Waals surface area contributed by atoms with E-state index in [0.29, 0.717) is 56.1 Å². The predicted octanol–water partition coefficient (Wildman–Crippen LogP) is 5.12. The number of fused-ring (bicyclic) bond motifs is 6. The Hall–Kier alpha value is -5.52. The van der Waals surface area contributed by atoms with E-state index < -0.39 is 47.2 Å². The maximum atomic E-state index is 14.6. The molecule has 0 aliphatic carbocycles. The molecule has 0 spiro atoms. The molecule has 2 saturated heterocycles. The molecule has 7 rings (SSSR count). The minimum atomic E-state index is -1.15. The van der Waals surface area contributed by atoms with Crippen LogP contribution in [0, 0.1) is 17.3 Å². The van der Waals surface area contributed by atoms with Gasteiger partial charge in [0.15, 0.2) is 0 Å². The minimum Gasteiger partial charge on any atom is -0.464 e. The van der Waals surface area contributed by atoms with Crippen LogP contribution in [0.3, 0.4) is 0 Å². The lowest BCUT2D eigenvalue weighted by Gasteiger charge is -2.36. The molecule has 1 aromatic carbocycles. The van der Waals surface area contributed by atoms with Crippen LogP contribution >= 0.6 is 11.5 Å². The normalized spacial score (nSPS) is 21.3. The molecule has 3 aliphatic rings. The summed E-state index contributed by atoms with van der Waals surface area (Å²) in [7, 11) is 3.26. The quantitative estimate of drug-likeness (QED) is 0.160. The monoisotopic (exact) mass is 895 g/mol. The van der Waals surface area contributed by atoms with Crippen LogP contribution < -0.4 is 10.7 Å². The highest BCUT2D eigenvalue weighted by Gasteiger charge is 2.40. The third-order valence-electron chi connectivity index (χ3n) is 12.7. The van der Waals surface area contributed by atoms with E-state index in [1.54, 1.807) is 25.3 Å². The molecule has 3 aromatic heterocycles. The summed E-state index contributed by atoms with van der Waals surface area (Å²) in [6.45, 7) is 17.3. The van der Waals surface area contributed by atoms with Crippen molar-refractivity contribution in [3.8, 4) is 21.8 Å². The lowest BCUT2D eigenvalue weighted by Crippen LogP contribution is -2.62. The summed E-state index contributed by atoms with van der Waals surface area (Å²) >= 11 is 1.21. The molecule has 5 atom stereocenters. The number of nitrogens with zero attached hydrogens (tertiary/aromatic N) is 7. The molecule has 2 N–H and O–H groups in total. The van der Waals surface area contributed by atoms with Crippen LogP contribution in [0.2, 0.25) is 0 Å². The number of aryl methyl sites for hydroxylation is 1. The first kappa shape index (κ1) is 46.5. The van der Waals surface area contributed by atoms with E-state index in [1.165, 1.54) is 27.5 Å². The van der Waals surface area contributed by atoms with Gasteiger partial charge in [0.05, 0.1) is 30.0 Å². The number of esters is 1. The Bertz CT molecular complexity index is 2430. The Morgan fingerprint density at radius 3 is 2.66 bits per heavy atom. The van der Waals surface area contributed by atoms with Crippen LogP contribution in [0.1, 0.15) is 84.0 Å². The van der Waals surface area contributed by atoms with Crippen molar-refractivity contribution in [1.82, 2.24) is 44.5 Å². The second-order valence-electron chi connectivity index (χ2n) is 18.3.